The van der Waals surface area contributed by atoms with Crippen LogP contribution in [0.15, 0.2) is 36.4 Å². The van der Waals surface area contributed by atoms with Gasteiger partial charge in [-0.3, -0.25) is 29.1 Å². The zero-order chi connectivity index (χ0) is 107. The maximum absolute atomic E-state index is 13.6. The van der Waals surface area contributed by atoms with Crippen LogP contribution in [-0.2, 0) is 47.9 Å². The van der Waals surface area contributed by atoms with Gasteiger partial charge in [-0.05, 0) is 144 Å². The molecule has 3 aromatic carbocycles. The number of fused-ring (bicyclic) bond motifs is 9. The molecule has 6 N–H and O–H groups in total. The standard InChI is InChI=1S/3C24H38N2O4/c3*1-14(2)9-17-13-26-8-7-16-10-21(28-5)22(29-6)11-18(16)19(26)12-20(17)30-24(27)23(25)15(3)4/h3*10-11,14-15,17,19-20,23H,7-9,12-13,25H2,1-6H3/t3*17?,19?,20?,23-/m000/s1/i1D3,3D3,4D3,5D3,9D2,14D,15D,20D,23D;1D3,3D3,4D3,9D2,14D,15D,20D,23D;1D3,3D3,4D3,9D2,14D,15D,19D/t3*14?,17?,19?,20?,23-. The Hall–Kier alpha value is -5.37. The van der Waals surface area contributed by atoms with Gasteiger partial charge in [0, 0.05) is 148 Å². The molecule has 0 saturated carbocycles. The average Bonchev–Trinajstić information content (AvgIpc) is 0.712. The summed E-state index contributed by atoms with van der Waals surface area (Å²) in [6, 6.07) is -4.45. The second-order valence-electron chi connectivity index (χ2n) is 22.0. The Bertz CT molecular complexity index is 4830. The normalized spacial score (nSPS) is 39.9. The van der Waals surface area contributed by atoms with Crippen LogP contribution in [0.25, 0.3) is 0 Å². The third-order valence-corrected chi connectivity index (χ3v) is 16.2. The highest BCUT2D eigenvalue weighted by atomic mass is 16.6. The summed E-state index contributed by atoms with van der Waals surface area (Å²) >= 11 is 0. The van der Waals surface area contributed by atoms with Gasteiger partial charge in [0.1, 0.15) is 36.3 Å². The van der Waals surface area contributed by atoms with E-state index < -0.39 is 246 Å². The molecule has 18 nitrogen and oxygen atoms in total. The van der Waals surface area contributed by atoms with Crippen LogP contribution in [0.1, 0.15) is 237 Å². The van der Waals surface area contributed by atoms with Crippen molar-refractivity contribution in [2.75, 3.05) is 81.9 Å². The molecule has 0 aromatic heterocycles. The minimum Gasteiger partial charge on any atom is -0.493 e. The van der Waals surface area contributed by atoms with Gasteiger partial charge in [-0.25, -0.2) is 0 Å². The summed E-state index contributed by atoms with van der Waals surface area (Å²) in [6.45, 7) is -30.5. The van der Waals surface area contributed by atoms with Crippen molar-refractivity contribution in [2.24, 2.45) is 70.3 Å². The van der Waals surface area contributed by atoms with Crippen LogP contribution in [-0.4, -0.2) is 151 Å². The molecular formula is C72H114N6O12. The fraction of sp³-hybridized carbons (Fsp3) is 0.708. The number of esters is 3. The molecule has 90 heavy (non-hydrogen) atoms. The largest absolute Gasteiger partial charge is 0.493 e. The Labute approximate surface area is 605 Å². The van der Waals surface area contributed by atoms with Crippen LogP contribution in [0, 0.1) is 53.1 Å². The number of carbonyl (C=O) groups is 3. The van der Waals surface area contributed by atoms with E-state index in [0.717, 1.165) is 26.3 Å². The van der Waals surface area contributed by atoms with Crippen LogP contribution in [0.3, 0.4) is 0 Å². The van der Waals surface area contributed by atoms with Crippen LogP contribution < -0.4 is 45.6 Å². The van der Waals surface area contributed by atoms with Crippen molar-refractivity contribution in [1.82, 2.24) is 14.7 Å². The van der Waals surface area contributed by atoms with E-state index in [0.29, 0.717) is 57.9 Å². The smallest absolute Gasteiger partial charge is 0.323 e. The first-order chi connectivity index (χ1) is 61.0. The summed E-state index contributed by atoms with van der Waals surface area (Å²) in [7, 11) is 4.06. The maximum Gasteiger partial charge on any atom is 0.323 e. The van der Waals surface area contributed by atoms with E-state index in [-0.39, 0.29) is 49.8 Å². The Morgan fingerprint density at radius 2 is 0.878 bits per heavy atom. The number of hydrogen-bond donors (Lipinski definition) is 3. The summed E-state index contributed by atoms with van der Waals surface area (Å²) in [5, 5.41) is 0. The highest BCUT2D eigenvalue weighted by Gasteiger charge is 2.45. The molecule has 6 aliphatic heterocycles. The Morgan fingerprint density at radius 3 is 1.29 bits per heavy atom. The predicted octanol–water partition coefficient (Wildman–Crippen LogP) is 10.7. The Morgan fingerprint density at radius 1 is 0.500 bits per heavy atom. The first-order valence-corrected chi connectivity index (χ1v) is 28.6. The van der Waals surface area contributed by atoms with Crippen molar-refractivity contribution >= 4 is 17.9 Å². The van der Waals surface area contributed by atoms with Crippen LogP contribution in [0.2, 0.25) is 0 Å². The minimum atomic E-state index is -4.01. The number of hydrogen-bond acceptors (Lipinski definition) is 18. The van der Waals surface area contributed by atoms with Gasteiger partial charge in [-0.15, -0.1) is 0 Å². The molecular weight excluding hydrogens is 1140 g/mol. The fourth-order valence-corrected chi connectivity index (χ4v) is 11.9. The van der Waals surface area contributed by atoms with Crippen molar-refractivity contribution < 1.29 is 121 Å². The van der Waals surface area contributed by atoms with Crippen molar-refractivity contribution in [3.05, 3.63) is 69.8 Å². The lowest BCUT2D eigenvalue weighted by Crippen LogP contribution is -2.51. The zero-order valence-corrected chi connectivity index (χ0v) is 51.5. The van der Waals surface area contributed by atoms with Crippen molar-refractivity contribution in [1.29, 1.82) is 0 Å². The number of benzene rings is 3. The molecule has 3 saturated heterocycles. The van der Waals surface area contributed by atoms with E-state index in [2.05, 4.69) is 0 Å². The molecule has 0 radical (unpaired) electrons. The van der Waals surface area contributed by atoms with Crippen molar-refractivity contribution in [3.63, 3.8) is 0 Å². The minimum absolute atomic E-state index is 0.0423. The van der Waals surface area contributed by atoms with Gasteiger partial charge in [0.2, 0.25) is 0 Å². The molecule has 6 aliphatic rings. The number of rotatable bonds is 21. The zero-order valence-electron chi connectivity index (χ0n) is 98.5. The first-order valence-electron chi connectivity index (χ1n) is 52.1. The SMILES string of the molecule is [2H]C([2H])([2H])Oc1cc2c(cc1OC)C1CC([2H])(OC(=O)[C@@]([2H])(N)C([2H])(C([2H])([2H])[2H])C([2H])([2H])[2H])C(C([2H])([2H])C([2H])(C)C([2H])([2H])[2H])CN1CC2.[2H]C1(OC(=O)[C@@]([2H])(N)C([2H])(C([2H])([2H])[2H])C([2H])([2H])[2H])CC2c3cc(OC)c(OC)cc3CCN2CC1C([2H])([2H])C([2H])(C)C([2H])([2H])[2H].[2H]C12CC(OC(=O)[C@@H](N)C([2H])(C([2H])([2H])[2H])C([2H])([2H])[2H])C(C([2H])([2H])C([2H])(C)C([2H])([2H])[2H])CN1CCc1cc(OC)c(OC)cc12. The van der Waals surface area contributed by atoms with Crippen molar-refractivity contribution in [2.45, 2.75) is 195 Å². The van der Waals surface area contributed by atoms with E-state index in [1.54, 1.807) is 39.0 Å². The molecule has 9 rings (SSSR count). The van der Waals surface area contributed by atoms with Crippen LogP contribution in [0.4, 0.5) is 0 Å². The fourth-order valence-electron chi connectivity index (χ4n) is 11.9. The molecule has 0 amide bonds. The topological polar surface area (TPSA) is 222 Å². The number of piperidine rings is 3. The van der Waals surface area contributed by atoms with Gasteiger partial charge in [-0.2, -0.15) is 0 Å². The van der Waals surface area contributed by atoms with Crippen LogP contribution >= 0.6 is 0 Å². The van der Waals surface area contributed by atoms with E-state index >= 15 is 0 Å². The molecule has 504 valence electrons. The monoisotopic (exact) mass is 1300 g/mol. The molecule has 3 aromatic rings. The highest BCUT2D eigenvalue weighted by molar-refractivity contribution is 5.77. The summed E-state index contributed by atoms with van der Waals surface area (Å²) in [5.41, 5.74) is 20.5. The highest BCUT2D eigenvalue weighted by Crippen LogP contribution is 2.48. The Balaban J connectivity index is 0.000000280. The van der Waals surface area contributed by atoms with Gasteiger partial charge in [0.05, 0.1) is 53.6 Å². The van der Waals surface area contributed by atoms with Gasteiger partial charge >= 0.3 is 17.9 Å². The summed E-state index contributed by atoms with van der Waals surface area (Å²) in [6.07, 6.45) is -17.4. The van der Waals surface area contributed by atoms with Crippen LogP contribution in [0.5, 0.6) is 34.5 Å². The van der Waals surface area contributed by atoms with Gasteiger partial charge in [0.25, 0.3) is 0 Å². The maximum atomic E-state index is 13.6. The average molecular weight is 1300 g/mol. The summed E-state index contributed by atoms with van der Waals surface area (Å²) in [4.78, 5) is 45.5. The molecule has 3 fully saturated rings. The lowest BCUT2D eigenvalue weighted by atomic mass is 9.79. The van der Waals surface area contributed by atoms with Gasteiger partial charge < -0.3 is 59.8 Å². The van der Waals surface area contributed by atoms with Gasteiger partial charge in [0.15, 0.2) is 34.5 Å². The predicted molar refractivity (Wildman–Crippen MR) is 353 cm³/mol. The molecule has 15 atom stereocenters. The first kappa shape index (κ1) is 31.2. The Kier molecular flexibility index (Phi) is 11.3. The van der Waals surface area contributed by atoms with E-state index in [4.69, 9.17) is 120 Å². The second kappa shape index (κ2) is 32.5. The number of carbonyl (C=O) groups excluding carboxylic acids is 3. The summed E-state index contributed by atoms with van der Waals surface area (Å²) < 4.78 is 428. The quantitative estimate of drug-likeness (QED) is 0.0666. The number of ether oxygens (including phenoxy) is 9. The third-order valence-electron chi connectivity index (χ3n) is 16.2. The molecule has 18 heteroatoms. The van der Waals surface area contributed by atoms with Gasteiger partial charge in [-0.1, -0.05) is 82.4 Å². The molecule has 0 aliphatic carbocycles. The lowest BCUT2D eigenvalue weighted by molar-refractivity contribution is -0.161. The summed E-state index contributed by atoms with van der Waals surface area (Å²) in [5.74, 6) is -30.3. The number of nitrogens with two attached hydrogens (primary N) is 3. The second-order valence-corrected chi connectivity index (χ2v) is 22.0. The molecule has 0 bridgehead atoms. The third kappa shape index (κ3) is 17.5. The van der Waals surface area contributed by atoms with Crippen molar-refractivity contribution in [3.8, 4) is 34.5 Å². The molecule has 6 heterocycles. The molecule has 12 unspecified atom stereocenters. The lowest BCUT2D eigenvalue weighted by Gasteiger charge is -2.47. The van der Waals surface area contributed by atoms with E-state index in [1.165, 1.54) is 47.7 Å². The number of nitrogens with zero attached hydrogens (tertiary/aromatic N) is 3. The number of methoxy groups -OCH3 is 6. The van der Waals surface area contributed by atoms with E-state index in [1.807, 2.05) is 0 Å². The van der Waals surface area contributed by atoms with E-state index in [9.17, 15) is 18.5 Å². The molecule has 0 spiro atoms.